The summed E-state index contributed by atoms with van der Waals surface area (Å²) in [5.74, 6) is -0.478. The predicted molar refractivity (Wildman–Crippen MR) is 74.6 cm³/mol. The lowest BCUT2D eigenvalue weighted by atomic mass is 10.2. The Balaban J connectivity index is 2.10. The quantitative estimate of drug-likeness (QED) is 0.832. The van der Waals surface area contributed by atoms with E-state index in [1.807, 2.05) is 24.3 Å². The van der Waals surface area contributed by atoms with Crippen LogP contribution in [0.25, 0.3) is 0 Å². The van der Waals surface area contributed by atoms with Crippen molar-refractivity contribution in [1.82, 2.24) is 0 Å². The SMILES string of the molecule is Oc1cc(F)cc(CNc2ccccc2I)c1. The fourth-order valence-electron chi connectivity index (χ4n) is 1.54. The zero-order chi connectivity index (χ0) is 12.3. The number of anilines is 1. The molecule has 2 aromatic carbocycles. The monoisotopic (exact) mass is 343 g/mol. The molecule has 4 heteroatoms. The van der Waals surface area contributed by atoms with Crippen LogP contribution in [0.4, 0.5) is 10.1 Å². The molecule has 0 saturated heterocycles. The van der Waals surface area contributed by atoms with E-state index in [9.17, 15) is 9.50 Å². The Hall–Kier alpha value is -1.30. The van der Waals surface area contributed by atoms with E-state index in [2.05, 4.69) is 27.9 Å². The molecular weight excluding hydrogens is 332 g/mol. The fourth-order valence-corrected chi connectivity index (χ4v) is 2.12. The topological polar surface area (TPSA) is 32.3 Å². The molecule has 0 unspecified atom stereocenters. The molecule has 0 fully saturated rings. The van der Waals surface area contributed by atoms with Crippen molar-refractivity contribution in [3.63, 3.8) is 0 Å². The Morgan fingerprint density at radius 1 is 1.18 bits per heavy atom. The molecular formula is C13H11FINO. The molecule has 0 saturated carbocycles. The van der Waals surface area contributed by atoms with Crippen molar-refractivity contribution in [3.05, 3.63) is 57.4 Å². The summed E-state index contributed by atoms with van der Waals surface area (Å²) in [5.41, 5.74) is 1.71. The second-order valence-electron chi connectivity index (χ2n) is 3.65. The highest BCUT2D eigenvalue weighted by Crippen LogP contribution is 2.19. The normalized spacial score (nSPS) is 10.2. The summed E-state index contributed by atoms with van der Waals surface area (Å²) in [6.45, 7) is 0.478. The van der Waals surface area contributed by atoms with Crippen molar-refractivity contribution in [1.29, 1.82) is 0 Å². The van der Waals surface area contributed by atoms with Crippen molar-refractivity contribution < 1.29 is 9.50 Å². The first-order valence-electron chi connectivity index (χ1n) is 5.12. The summed E-state index contributed by atoms with van der Waals surface area (Å²) in [7, 11) is 0. The van der Waals surface area contributed by atoms with Crippen LogP contribution in [0.2, 0.25) is 0 Å². The Bertz CT molecular complexity index is 510. The molecule has 0 spiro atoms. The van der Waals surface area contributed by atoms with E-state index in [0.29, 0.717) is 12.1 Å². The van der Waals surface area contributed by atoms with Crippen LogP contribution < -0.4 is 5.32 Å². The molecule has 0 aromatic heterocycles. The number of para-hydroxylation sites is 1. The van der Waals surface area contributed by atoms with Crippen molar-refractivity contribution in [2.45, 2.75) is 6.54 Å². The molecule has 0 aliphatic carbocycles. The van der Waals surface area contributed by atoms with Crippen LogP contribution in [0.15, 0.2) is 42.5 Å². The standard InChI is InChI=1S/C13H11FINO/c14-10-5-9(6-11(17)7-10)8-16-13-4-2-1-3-12(13)15/h1-7,16-17H,8H2. The lowest BCUT2D eigenvalue weighted by Gasteiger charge is -2.08. The Labute approximate surface area is 113 Å². The third-order valence-electron chi connectivity index (χ3n) is 2.30. The van der Waals surface area contributed by atoms with Crippen LogP contribution in [-0.2, 0) is 6.54 Å². The maximum absolute atomic E-state index is 13.0. The third kappa shape index (κ3) is 3.33. The average molecular weight is 343 g/mol. The molecule has 0 radical (unpaired) electrons. The number of nitrogens with one attached hydrogen (secondary N) is 1. The van der Waals surface area contributed by atoms with Crippen LogP contribution in [0.3, 0.4) is 0 Å². The van der Waals surface area contributed by atoms with E-state index in [0.717, 1.165) is 15.3 Å². The maximum atomic E-state index is 13.0. The highest BCUT2D eigenvalue weighted by molar-refractivity contribution is 14.1. The minimum absolute atomic E-state index is 0.0513. The Morgan fingerprint density at radius 3 is 2.65 bits per heavy atom. The molecule has 0 aliphatic heterocycles. The van der Waals surface area contributed by atoms with Crippen molar-refractivity contribution in [3.8, 4) is 5.75 Å². The lowest BCUT2D eigenvalue weighted by molar-refractivity contribution is 0.468. The van der Waals surface area contributed by atoms with E-state index in [1.165, 1.54) is 6.07 Å². The van der Waals surface area contributed by atoms with Gasteiger partial charge in [0, 0.05) is 21.9 Å². The first kappa shape index (κ1) is 12.2. The van der Waals surface area contributed by atoms with Crippen LogP contribution in [0, 0.1) is 9.39 Å². The highest BCUT2D eigenvalue weighted by Gasteiger charge is 2.01. The van der Waals surface area contributed by atoms with Gasteiger partial charge >= 0.3 is 0 Å². The maximum Gasteiger partial charge on any atom is 0.127 e. The molecule has 2 aromatic rings. The second kappa shape index (κ2) is 5.35. The number of phenols is 1. The molecule has 0 heterocycles. The van der Waals surface area contributed by atoms with Gasteiger partial charge in [0.1, 0.15) is 11.6 Å². The number of aromatic hydroxyl groups is 1. The third-order valence-corrected chi connectivity index (χ3v) is 3.24. The summed E-state index contributed by atoms with van der Waals surface area (Å²) in [4.78, 5) is 0. The largest absolute Gasteiger partial charge is 0.508 e. The highest BCUT2D eigenvalue weighted by atomic mass is 127. The number of benzene rings is 2. The van der Waals surface area contributed by atoms with Gasteiger partial charge in [0.05, 0.1) is 0 Å². The lowest BCUT2D eigenvalue weighted by Crippen LogP contribution is -2.01. The van der Waals surface area contributed by atoms with Gasteiger partial charge < -0.3 is 10.4 Å². The van der Waals surface area contributed by atoms with Gasteiger partial charge in [-0.2, -0.15) is 0 Å². The van der Waals surface area contributed by atoms with E-state index < -0.39 is 5.82 Å². The van der Waals surface area contributed by atoms with Crippen LogP contribution in [-0.4, -0.2) is 5.11 Å². The van der Waals surface area contributed by atoms with Crippen molar-refractivity contribution >= 4 is 28.3 Å². The summed E-state index contributed by atoms with van der Waals surface area (Å²) < 4.78 is 14.1. The second-order valence-corrected chi connectivity index (χ2v) is 4.81. The summed E-state index contributed by atoms with van der Waals surface area (Å²) in [6, 6.07) is 11.9. The molecule has 2 nitrogen and oxygen atoms in total. The van der Waals surface area contributed by atoms with Gasteiger partial charge in [0.25, 0.3) is 0 Å². The van der Waals surface area contributed by atoms with Gasteiger partial charge in [-0.3, -0.25) is 0 Å². The van der Waals surface area contributed by atoms with Gasteiger partial charge in [0.15, 0.2) is 0 Å². The number of halogens is 2. The van der Waals surface area contributed by atoms with E-state index in [-0.39, 0.29) is 5.75 Å². The van der Waals surface area contributed by atoms with Crippen LogP contribution in [0.5, 0.6) is 5.75 Å². The first-order valence-corrected chi connectivity index (χ1v) is 6.20. The zero-order valence-electron chi connectivity index (χ0n) is 8.95. The number of rotatable bonds is 3. The number of hydrogen-bond acceptors (Lipinski definition) is 2. The summed E-state index contributed by atoms with van der Waals surface area (Å²) in [5, 5.41) is 12.5. The van der Waals surface area contributed by atoms with Crippen LogP contribution in [0.1, 0.15) is 5.56 Å². The smallest absolute Gasteiger partial charge is 0.127 e. The van der Waals surface area contributed by atoms with E-state index in [4.69, 9.17) is 0 Å². The van der Waals surface area contributed by atoms with Gasteiger partial charge in [-0.25, -0.2) is 4.39 Å². The molecule has 88 valence electrons. The Morgan fingerprint density at radius 2 is 1.94 bits per heavy atom. The summed E-state index contributed by atoms with van der Waals surface area (Å²) in [6.07, 6.45) is 0. The molecule has 2 rings (SSSR count). The van der Waals surface area contributed by atoms with Gasteiger partial charge in [-0.05, 0) is 52.4 Å². The Kier molecular flexibility index (Phi) is 3.83. The summed E-state index contributed by atoms with van der Waals surface area (Å²) >= 11 is 2.23. The first-order chi connectivity index (χ1) is 8.15. The van der Waals surface area contributed by atoms with E-state index >= 15 is 0 Å². The number of hydrogen-bond donors (Lipinski definition) is 2. The van der Waals surface area contributed by atoms with Crippen molar-refractivity contribution in [2.24, 2.45) is 0 Å². The fraction of sp³-hybridized carbons (Fsp3) is 0.0769. The zero-order valence-corrected chi connectivity index (χ0v) is 11.1. The molecule has 0 aliphatic rings. The average Bonchev–Trinajstić information content (AvgIpc) is 2.27. The van der Waals surface area contributed by atoms with Gasteiger partial charge in [-0.1, -0.05) is 12.1 Å². The molecule has 0 atom stereocenters. The minimum atomic E-state index is -0.426. The van der Waals surface area contributed by atoms with Gasteiger partial charge in [-0.15, -0.1) is 0 Å². The van der Waals surface area contributed by atoms with Gasteiger partial charge in [0.2, 0.25) is 0 Å². The minimum Gasteiger partial charge on any atom is -0.508 e. The molecule has 0 amide bonds. The number of phenolic OH excluding ortho intramolecular Hbond substituents is 1. The van der Waals surface area contributed by atoms with E-state index in [1.54, 1.807) is 6.07 Å². The van der Waals surface area contributed by atoms with Crippen LogP contribution >= 0.6 is 22.6 Å². The molecule has 17 heavy (non-hydrogen) atoms. The molecule has 2 N–H and O–H groups in total. The molecule has 0 bridgehead atoms. The predicted octanol–water partition coefficient (Wildman–Crippen LogP) is 3.75. The van der Waals surface area contributed by atoms with Crippen molar-refractivity contribution in [2.75, 3.05) is 5.32 Å².